The molecule has 0 unspecified atom stereocenters. The van der Waals surface area contributed by atoms with Crippen molar-refractivity contribution in [3.63, 3.8) is 0 Å². The van der Waals surface area contributed by atoms with Crippen molar-refractivity contribution in [3.8, 4) is 0 Å². The third kappa shape index (κ3) is 5.53. The molecule has 0 aliphatic rings. The summed E-state index contributed by atoms with van der Waals surface area (Å²) in [5, 5.41) is 5.70. The molecular weight excluding hydrogens is 390 g/mol. The first-order valence-corrected chi connectivity index (χ1v) is 9.96. The van der Waals surface area contributed by atoms with E-state index < -0.39 is 15.9 Å². The molecule has 2 N–H and O–H groups in total. The van der Waals surface area contributed by atoms with Gasteiger partial charge in [-0.2, -0.15) is 4.31 Å². The topological polar surface area (TPSA) is 95.6 Å². The Hall–Kier alpha value is -2.42. The van der Waals surface area contributed by atoms with E-state index >= 15 is 0 Å². The first-order valence-electron chi connectivity index (χ1n) is 8.14. The summed E-state index contributed by atoms with van der Waals surface area (Å²) in [7, 11) is -2.49. The molecular formula is C18H20ClN3O4S. The molecule has 0 heterocycles. The summed E-state index contributed by atoms with van der Waals surface area (Å²) in [4.78, 5) is 23.9. The number of hydrogen-bond donors (Lipinski definition) is 2. The number of nitrogens with one attached hydrogen (secondary N) is 2. The summed E-state index contributed by atoms with van der Waals surface area (Å²) in [6, 6.07) is 12.0. The highest BCUT2D eigenvalue weighted by Crippen LogP contribution is 2.17. The molecule has 7 nitrogen and oxygen atoms in total. The molecule has 0 aliphatic carbocycles. The van der Waals surface area contributed by atoms with Crippen LogP contribution in [0.5, 0.6) is 0 Å². The Balaban J connectivity index is 2.00. The molecule has 0 atom stereocenters. The van der Waals surface area contributed by atoms with Crippen LogP contribution in [0.2, 0.25) is 5.02 Å². The highest BCUT2D eigenvalue weighted by molar-refractivity contribution is 7.89. The number of likely N-dealkylation sites (N-methyl/N-ethyl adjacent to an activating group) is 1. The average Bonchev–Trinajstić information content (AvgIpc) is 2.62. The molecule has 0 bridgehead atoms. The lowest BCUT2D eigenvalue weighted by molar-refractivity contribution is -0.116. The van der Waals surface area contributed by atoms with Crippen LogP contribution in [0, 0.1) is 0 Å². The van der Waals surface area contributed by atoms with Crippen LogP contribution in [-0.2, 0) is 14.8 Å². The Morgan fingerprint density at radius 3 is 2.19 bits per heavy atom. The first kappa shape index (κ1) is 20.9. The zero-order valence-electron chi connectivity index (χ0n) is 14.9. The highest BCUT2D eigenvalue weighted by atomic mass is 35.5. The minimum absolute atomic E-state index is 0.0495. The third-order valence-corrected chi connectivity index (χ3v) is 5.73. The number of nitrogens with zero attached hydrogens (tertiary/aromatic N) is 1. The number of anilines is 1. The van der Waals surface area contributed by atoms with Crippen molar-refractivity contribution in [1.29, 1.82) is 0 Å². The molecule has 0 spiro atoms. The van der Waals surface area contributed by atoms with Crippen molar-refractivity contribution in [2.24, 2.45) is 0 Å². The predicted octanol–water partition coefficient (Wildman–Crippen LogP) is 2.35. The van der Waals surface area contributed by atoms with Gasteiger partial charge in [0.15, 0.2) is 0 Å². The van der Waals surface area contributed by atoms with E-state index in [1.807, 2.05) is 6.92 Å². The van der Waals surface area contributed by atoms with Gasteiger partial charge in [-0.05, 0) is 55.5 Å². The fourth-order valence-corrected chi connectivity index (χ4v) is 3.49. The predicted molar refractivity (Wildman–Crippen MR) is 104 cm³/mol. The van der Waals surface area contributed by atoms with Gasteiger partial charge in [0.2, 0.25) is 15.9 Å². The summed E-state index contributed by atoms with van der Waals surface area (Å²) in [6.07, 6.45) is 0. The Morgan fingerprint density at radius 2 is 1.63 bits per heavy atom. The Morgan fingerprint density at radius 1 is 1.04 bits per heavy atom. The number of amides is 2. The van der Waals surface area contributed by atoms with Gasteiger partial charge in [-0.25, -0.2) is 8.42 Å². The van der Waals surface area contributed by atoms with E-state index in [9.17, 15) is 18.0 Å². The van der Waals surface area contributed by atoms with Crippen molar-refractivity contribution >= 4 is 39.1 Å². The molecule has 0 aliphatic heterocycles. The molecule has 0 fully saturated rings. The maximum Gasteiger partial charge on any atom is 0.251 e. The fourth-order valence-electron chi connectivity index (χ4n) is 2.24. The van der Waals surface area contributed by atoms with Gasteiger partial charge in [0.05, 0.1) is 11.4 Å². The summed E-state index contributed by atoms with van der Waals surface area (Å²) >= 11 is 5.77. The quantitative estimate of drug-likeness (QED) is 0.733. The Kier molecular flexibility index (Phi) is 6.95. The standard InChI is InChI=1S/C18H20ClN3O4S/c1-3-20-18(24)13-4-8-15(9-5-13)21-17(23)12-22(2)27(25,26)16-10-6-14(19)7-11-16/h4-11H,3,12H2,1-2H3,(H,20,24)(H,21,23). The number of hydrogen-bond acceptors (Lipinski definition) is 4. The number of rotatable bonds is 7. The van der Waals surface area contributed by atoms with Crippen LogP contribution in [0.4, 0.5) is 5.69 Å². The summed E-state index contributed by atoms with van der Waals surface area (Å²) < 4.78 is 25.9. The molecule has 0 radical (unpaired) electrons. The monoisotopic (exact) mass is 409 g/mol. The van der Waals surface area contributed by atoms with Gasteiger partial charge < -0.3 is 10.6 Å². The van der Waals surface area contributed by atoms with Crippen LogP contribution in [0.1, 0.15) is 17.3 Å². The maximum atomic E-state index is 12.5. The molecule has 0 aromatic heterocycles. The first-order chi connectivity index (χ1) is 12.7. The third-order valence-electron chi connectivity index (χ3n) is 3.66. The molecule has 2 aromatic carbocycles. The molecule has 0 saturated heterocycles. The van der Waals surface area contributed by atoms with E-state index in [-0.39, 0.29) is 17.3 Å². The fraction of sp³-hybridized carbons (Fsp3) is 0.222. The van der Waals surface area contributed by atoms with E-state index in [1.165, 1.54) is 31.3 Å². The van der Waals surface area contributed by atoms with Crippen LogP contribution in [0.25, 0.3) is 0 Å². The number of halogens is 1. The zero-order valence-corrected chi connectivity index (χ0v) is 16.5. The van der Waals surface area contributed by atoms with Gasteiger partial charge >= 0.3 is 0 Å². The Bertz CT molecular complexity index is 913. The molecule has 2 amide bonds. The van der Waals surface area contributed by atoms with Gasteiger partial charge in [0.25, 0.3) is 5.91 Å². The van der Waals surface area contributed by atoms with Crippen molar-refractivity contribution in [1.82, 2.24) is 9.62 Å². The average molecular weight is 410 g/mol. The number of benzene rings is 2. The number of sulfonamides is 1. The van der Waals surface area contributed by atoms with Crippen LogP contribution >= 0.6 is 11.6 Å². The van der Waals surface area contributed by atoms with Crippen LogP contribution in [0.3, 0.4) is 0 Å². The SMILES string of the molecule is CCNC(=O)c1ccc(NC(=O)CN(C)S(=O)(=O)c2ccc(Cl)cc2)cc1. The van der Waals surface area contributed by atoms with Gasteiger partial charge in [-0.1, -0.05) is 11.6 Å². The van der Waals surface area contributed by atoms with Crippen LogP contribution in [-0.4, -0.2) is 44.7 Å². The van der Waals surface area contributed by atoms with Crippen molar-refractivity contribution in [2.75, 3.05) is 25.5 Å². The maximum absolute atomic E-state index is 12.5. The molecule has 27 heavy (non-hydrogen) atoms. The molecule has 2 rings (SSSR count). The molecule has 144 valence electrons. The van der Waals surface area contributed by atoms with Gasteiger partial charge in [0.1, 0.15) is 0 Å². The van der Waals surface area contributed by atoms with Crippen molar-refractivity contribution in [2.45, 2.75) is 11.8 Å². The second-order valence-electron chi connectivity index (χ2n) is 5.70. The van der Waals surface area contributed by atoms with E-state index in [0.29, 0.717) is 22.8 Å². The minimum Gasteiger partial charge on any atom is -0.352 e. The molecule has 0 saturated carbocycles. The summed E-state index contributed by atoms with van der Waals surface area (Å²) in [5.74, 6) is -0.704. The number of carbonyl (C=O) groups is 2. The van der Waals surface area contributed by atoms with Crippen LogP contribution in [0.15, 0.2) is 53.4 Å². The van der Waals surface area contributed by atoms with E-state index in [1.54, 1.807) is 24.3 Å². The molecule has 2 aromatic rings. The van der Waals surface area contributed by atoms with Crippen LogP contribution < -0.4 is 10.6 Å². The Labute approximate surface area is 163 Å². The lowest BCUT2D eigenvalue weighted by Crippen LogP contribution is -2.35. The van der Waals surface area contributed by atoms with Gasteiger partial charge in [-0.3, -0.25) is 9.59 Å². The van der Waals surface area contributed by atoms with Gasteiger partial charge in [0, 0.05) is 29.9 Å². The lowest BCUT2D eigenvalue weighted by Gasteiger charge is -2.17. The lowest BCUT2D eigenvalue weighted by atomic mass is 10.2. The van der Waals surface area contributed by atoms with Crippen molar-refractivity contribution < 1.29 is 18.0 Å². The summed E-state index contributed by atoms with van der Waals surface area (Å²) in [5.41, 5.74) is 0.933. The van der Waals surface area contributed by atoms with Crippen molar-refractivity contribution in [3.05, 3.63) is 59.1 Å². The largest absolute Gasteiger partial charge is 0.352 e. The smallest absolute Gasteiger partial charge is 0.251 e. The van der Waals surface area contributed by atoms with E-state index in [0.717, 1.165) is 4.31 Å². The second-order valence-corrected chi connectivity index (χ2v) is 8.18. The van der Waals surface area contributed by atoms with E-state index in [4.69, 9.17) is 11.6 Å². The summed E-state index contributed by atoms with van der Waals surface area (Å²) in [6.45, 7) is 1.98. The second kappa shape index (κ2) is 8.98. The molecule has 9 heteroatoms. The normalized spacial score (nSPS) is 11.3. The van der Waals surface area contributed by atoms with E-state index in [2.05, 4.69) is 10.6 Å². The zero-order chi connectivity index (χ0) is 20.0. The minimum atomic E-state index is -3.81. The number of carbonyl (C=O) groups excluding carboxylic acids is 2. The highest BCUT2D eigenvalue weighted by Gasteiger charge is 2.23. The van der Waals surface area contributed by atoms with Gasteiger partial charge in [-0.15, -0.1) is 0 Å².